The Labute approximate surface area is 125 Å². The molecule has 0 spiro atoms. The fourth-order valence-electron chi connectivity index (χ4n) is 2.41. The second kappa shape index (κ2) is 7.04. The molecule has 0 aliphatic carbocycles. The van der Waals surface area contributed by atoms with Gasteiger partial charge in [0.25, 0.3) is 0 Å². The van der Waals surface area contributed by atoms with Crippen LogP contribution >= 0.6 is 0 Å². The minimum absolute atomic E-state index is 0.0476. The van der Waals surface area contributed by atoms with Crippen molar-refractivity contribution in [2.45, 2.75) is 39.8 Å². The molecule has 21 heavy (non-hydrogen) atoms. The molecular weight excluding hydrogens is 270 g/mol. The molecule has 0 bridgehead atoms. The summed E-state index contributed by atoms with van der Waals surface area (Å²) in [7, 11) is 0. The van der Waals surface area contributed by atoms with Crippen LogP contribution in [0.1, 0.15) is 31.7 Å². The van der Waals surface area contributed by atoms with Crippen LogP contribution in [-0.4, -0.2) is 58.3 Å². The number of aliphatic hydroxyl groups excluding tert-OH is 1. The fourth-order valence-corrected chi connectivity index (χ4v) is 2.41. The van der Waals surface area contributed by atoms with Crippen LogP contribution in [0.25, 0.3) is 0 Å². The summed E-state index contributed by atoms with van der Waals surface area (Å²) < 4.78 is 5.22. The number of hydrogen-bond acceptors (Lipinski definition) is 5. The SMILES string of the molecule is Cc1cc(CN2CCN(C(=O)CC(O)C(C)C)CC2)on1. The largest absolute Gasteiger partial charge is 0.392 e. The molecule has 2 rings (SSSR count). The number of nitrogens with zero attached hydrogens (tertiary/aromatic N) is 3. The van der Waals surface area contributed by atoms with Crippen molar-refractivity contribution in [1.29, 1.82) is 0 Å². The zero-order valence-corrected chi connectivity index (χ0v) is 13.1. The van der Waals surface area contributed by atoms with Gasteiger partial charge in [0.2, 0.25) is 5.91 Å². The summed E-state index contributed by atoms with van der Waals surface area (Å²) in [6.07, 6.45) is -0.327. The van der Waals surface area contributed by atoms with Gasteiger partial charge in [-0.05, 0) is 12.8 Å². The molecule has 1 aliphatic heterocycles. The second-order valence-corrected chi connectivity index (χ2v) is 6.11. The molecule has 1 aliphatic rings. The van der Waals surface area contributed by atoms with E-state index in [1.54, 1.807) is 0 Å². The Kier molecular flexibility index (Phi) is 5.36. The fraction of sp³-hybridized carbons (Fsp3) is 0.733. The van der Waals surface area contributed by atoms with Crippen LogP contribution in [0.2, 0.25) is 0 Å². The van der Waals surface area contributed by atoms with Crippen molar-refractivity contribution in [3.8, 4) is 0 Å². The van der Waals surface area contributed by atoms with E-state index in [0.717, 1.165) is 31.1 Å². The second-order valence-electron chi connectivity index (χ2n) is 6.11. The molecule has 0 radical (unpaired) electrons. The maximum Gasteiger partial charge on any atom is 0.225 e. The van der Waals surface area contributed by atoms with Gasteiger partial charge in [0, 0.05) is 32.2 Å². The number of aromatic nitrogens is 1. The normalized spacial score (nSPS) is 18.2. The van der Waals surface area contributed by atoms with E-state index < -0.39 is 6.10 Å². The predicted octanol–water partition coefficient (Wildman–Crippen LogP) is 1.03. The molecule has 1 atom stereocenters. The molecule has 6 nitrogen and oxygen atoms in total. The van der Waals surface area contributed by atoms with Gasteiger partial charge in [-0.1, -0.05) is 19.0 Å². The Morgan fingerprint density at radius 2 is 2.05 bits per heavy atom. The molecule has 0 saturated carbocycles. The highest BCUT2D eigenvalue weighted by Crippen LogP contribution is 2.12. The van der Waals surface area contributed by atoms with Crippen molar-refractivity contribution >= 4 is 5.91 Å². The first kappa shape index (κ1) is 16.0. The standard InChI is InChI=1S/C15H25N3O3/c1-11(2)14(19)9-15(20)18-6-4-17(5-7-18)10-13-8-12(3)16-21-13/h8,11,14,19H,4-7,9-10H2,1-3H3. The highest BCUT2D eigenvalue weighted by atomic mass is 16.5. The minimum Gasteiger partial charge on any atom is -0.392 e. The van der Waals surface area contributed by atoms with Gasteiger partial charge in [-0.2, -0.15) is 0 Å². The van der Waals surface area contributed by atoms with E-state index in [2.05, 4.69) is 10.1 Å². The summed E-state index contributed by atoms with van der Waals surface area (Å²) >= 11 is 0. The Morgan fingerprint density at radius 1 is 1.38 bits per heavy atom. The summed E-state index contributed by atoms with van der Waals surface area (Å²) in [5.41, 5.74) is 0.890. The quantitative estimate of drug-likeness (QED) is 0.879. The van der Waals surface area contributed by atoms with E-state index in [9.17, 15) is 9.90 Å². The smallest absolute Gasteiger partial charge is 0.225 e. The van der Waals surface area contributed by atoms with Gasteiger partial charge >= 0.3 is 0 Å². The third kappa shape index (κ3) is 4.54. The first-order valence-electron chi connectivity index (χ1n) is 7.56. The molecule has 0 aromatic carbocycles. The van der Waals surface area contributed by atoms with Crippen molar-refractivity contribution < 1.29 is 14.4 Å². The van der Waals surface area contributed by atoms with Crippen LogP contribution in [0.15, 0.2) is 10.6 Å². The Balaban J connectivity index is 1.76. The summed E-state index contributed by atoms with van der Waals surface area (Å²) in [6.45, 7) is 9.55. The number of carbonyl (C=O) groups excluding carboxylic acids is 1. The first-order valence-corrected chi connectivity index (χ1v) is 7.56. The maximum absolute atomic E-state index is 12.1. The zero-order valence-electron chi connectivity index (χ0n) is 13.1. The molecule has 6 heteroatoms. The van der Waals surface area contributed by atoms with Crippen LogP contribution in [0.4, 0.5) is 0 Å². The number of rotatable bonds is 5. The highest BCUT2D eigenvalue weighted by Gasteiger charge is 2.24. The molecule has 1 N–H and O–H groups in total. The average Bonchev–Trinajstić information content (AvgIpc) is 2.84. The molecule has 2 heterocycles. The summed E-state index contributed by atoms with van der Waals surface area (Å²) in [4.78, 5) is 16.2. The molecule has 1 fully saturated rings. The van der Waals surface area contributed by atoms with Crippen LogP contribution in [0.5, 0.6) is 0 Å². The van der Waals surface area contributed by atoms with E-state index in [1.165, 1.54) is 0 Å². The molecule has 1 saturated heterocycles. The lowest BCUT2D eigenvalue weighted by Crippen LogP contribution is -2.49. The Hall–Kier alpha value is -1.40. The van der Waals surface area contributed by atoms with Gasteiger partial charge in [0.05, 0.1) is 24.8 Å². The first-order chi connectivity index (χ1) is 9.95. The maximum atomic E-state index is 12.1. The summed E-state index contributed by atoms with van der Waals surface area (Å²) in [6, 6.07) is 1.94. The van der Waals surface area contributed by atoms with Crippen LogP contribution < -0.4 is 0 Å². The number of piperazine rings is 1. The lowest BCUT2D eigenvalue weighted by Gasteiger charge is -2.34. The van der Waals surface area contributed by atoms with E-state index in [-0.39, 0.29) is 18.2 Å². The Bertz CT molecular complexity index is 464. The van der Waals surface area contributed by atoms with Crippen molar-refractivity contribution in [2.75, 3.05) is 26.2 Å². The van der Waals surface area contributed by atoms with Crippen LogP contribution in [-0.2, 0) is 11.3 Å². The Morgan fingerprint density at radius 3 is 2.57 bits per heavy atom. The van der Waals surface area contributed by atoms with Crippen LogP contribution in [0, 0.1) is 12.8 Å². The number of amides is 1. The van der Waals surface area contributed by atoms with Crippen molar-refractivity contribution in [2.24, 2.45) is 5.92 Å². The van der Waals surface area contributed by atoms with Gasteiger partial charge < -0.3 is 14.5 Å². The number of hydrogen-bond donors (Lipinski definition) is 1. The summed E-state index contributed by atoms with van der Waals surface area (Å²) in [5, 5.41) is 13.7. The third-order valence-electron chi connectivity index (χ3n) is 3.93. The molecule has 1 aromatic rings. The number of carbonyl (C=O) groups is 1. The number of aryl methyl sites for hydroxylation is 1. The van der Waals surface area contributed by atoms with Gasteiger partial charge in [-0.3, -0.25) is 9.69 Å². The summed E-state index contributed by atoms with van der Waals surface area (Å²) in [5.74, 6) is 1.03. The third-order valence-corrected chi connectivity index (χ3v) is 3.93. The molecule has 1 amide bonds. The molecule has 118 valence electrons. The lowest BCUT2D eigenvalue weighted by atomic mass is 10.0. The van der Waals surface area contributed by atoms with E-state index in [4.69, 9.17) is 4.52 Å². The van der Waals surface area contributed by atoms with Crippen LogP contribution in [0.3, 0.4) is 0 Å². The highest BCUT2D eigenvalue weighted by molar-refractivity contribution is 5.76. The van der Waals surface area contributed by atoms with E-state index >= 15 is 0 Å². The monoisotopic (exact) mass is 295 g/mol. The number of aliphatic hydroxyl groups is 1. The molecular formula is C15H25N3O3. The van der Waals surface area contributed by atoms with Crippen molar-refractivity contribution in [3.05, 3.63) is 17.5 Å². The average molecular weight is 295 g/mol. The minimum atomic E-state index is -0.548. The molecule has 1 unspecified atom stereocenters. The van der Waals surface area contributed by atoms with Gasteiger partial charge in [0.1, 0.15) is 0 Å². The zero-order chi connectivity index (χ0) is 15.4. The van der Waals surface area contributed by atoms with Gasteiger partial charge in [-0.15, -0.1) is 0 Å². The van der Waals surface area contributed by atoms with Crippen molar-refractivity contribution in [1.82, 2.24) is 15.0 Å². The van der Waals surface area contributed by atoms with Crippen molar-refractivity contribution in [3.63, 3.8) is 0 Å². The van der Waals surface area contributed by atoms with E-state index in [0.29, 0.717) is 13.1 Å². The van der Waals surface area contributed by atoms with Gasteiger partial charge in [-0.25, -0.2) is 0 Å². The topological polar surface area (TPSA) is 69.8 Å². The van der Waals surface area contributed by atoms with Gasteiger partial charge in [0.15, 0.2) is 5.76 Å². The molecule has 1 aromatic heterocycles. The predicted molar refractivity (Wildman–Crippen MR) is 78.6 cm³/mol. The van der Waals surface area contributed by atoms with E-state index in [1.807, 2.05) is 31.7 Å². The lowest BCUT2D eigenvalue weighted by molar-refractivity contribution is -0.135.